The fraction of sp³-hybridized carbons (Fsp3) is 0.125. The number of rotatable bonds is 2. The van der Waals surface area contributed by atoms with E-state index < -0.39 is 18.2 Å². The molecule has 0 saturated carbocycles. The molecule has 0 aliphatic carbocycles. The van der Waals surface area contributed by atoms with Gasteiger partial charge in [0.25, 0.3) is 0 Å². The van der Waals surface area contributed by atoms with Crippen molar-refractivity contribution in [3.05, 3.63) is 33.6 Å². The maximum absolute atomic E-state index is 13.0. The highest BCUT2D eigenvalue weighted by atomic mass is 35.5. The number of aliphatic carboxylic acids is 1. The van der Waals surface area contributed by atoms with Gasteiger partial charge < -0.3 is 5.11 Å². The maximum Gasteiger partial charge on any atom is 0.307 e. The van der Waals surface area contributed by atoms with Crippen LogP contribution >= 0.6 is 23.2 Å². The predicted octanol–water partition coefficient (Wildman–Crippen LogP) is 2.76. The molecule has 2 nitrogen and oxygen atoms in total. The average molecular weight is 223 g/mol. The lowest BCUT2D eigenvalue weighted by atomic mass is 10.1. The van der Waals surface area contributed by atoms with Gasteiger partial charge in [0, 0.05) is 5.56 Å². The van der Waals surface area contributed by atoms with Gasteiger partial charge in [-0.15, -0.1) is 0 Å². The standard InChI is InChI=1S/C8H5Cl2FO2/c9-5-1-2-6(11)4(8(5)10)3-7(12)13/h1-2H,3H2,(H,12,13). The minimum Gasteiger partial charge on any atom is -0.481 e. The van der Waals surface area contributed by atoms with Gasteiger partial charge in [0.1, 0.15) is 5.82 Å². The molecule has 0 fully saturated rings. The Hall–Kier alpha value is -0.800. The van der Waals surface area contributed by atoms with E-state index in [4.69, 9.17) is 28.3 Å². The Morgan fingerprint density at radius 1 is 1.46 bits per heavy atom. The van der Waals surface area contributed by atoms with Crippen LogP contribution in [-0.2, 0) is 11.2 Å². The van der Waals surface area contributed by atoms with Crippen LogP contribution in [0.25, 0.3) is 0 Å². The second-order valence-electron chi connectivity index (χ2n) is 2.39. The third-order valence-corrected chi connectivity index (χ3v) is 2.31. The van der Waals surface area contributed by atoms with Crippen molar-refractivity contribution < 1.29 is 14.3 Å². The zero-order valence-electron chi connectivity index (χ0n) is 6.35. The topological polar surface area (TPSA) is 37.3 Å². The first-order chi connectivity index (χ1) is 6.02. The highest BCUT2D eigenvalue weighted by molar-refractivity contribution is 6.42. The Bertz CT molecular complexity index is 352. The summed E-state index contributed by atoms with van der Waals surface area (Å²) < 4.78 is 13.0. The summed E-state index contributed by atoms with van der Waals surface area (Å²) in [6.45, 7) is 0. The number of carbonyl (C=O) groups is 1. The molecular formula is C8H5Cl2FO2. The Labute approximate surface area is 83.9 Å². The van der Waals surface area contributed by atoms with Crippen LogP contribution in [0.4, 0.5) is 4.39 Å². The summed E-state index contributed by atoms with van der Waals surface area (Å²) >= 11 is 11.2. The smallest absolute Gasteiger partial charge is 0.307 e. The van der Waals surface area contributed by atoms with Crippen molar-refractivity contribution in [2.24, 2.45) is 0 Å². The van der Waals surface area contributed by atoms with Gasteiger partial charge in [-0.1, -0.05) is 23.2 Å². The van der Waals surface area contributed by atoms with Crippen LogP contribution < -0.4 is 0 Å². The minimum absolute atomic E-state index is 0.0379. The first kappa shape index (κ1) is 10.3. The summed E-state index contributed by atoms with van der Waals surface area (Å²) in [5.41, 5.74) is -0.0818. The Balaban J connectivity index is 3.17. The predicted molar refractivity (Wildman–Crippen MR) is 47.8 cm³/mol. The second-order valence-corrected chi connectivity index (χ2v) is 3.18. The largest absolute Gasteiger partial charge is 0.481 e. The molecule has 0 saturated heterocycles. The molecule has 1 rings (SSSR count). The van der Waals surface area contributed by atoms with Crippen LogP contribution in [0.2, 0.25) is 10.0 Å². The van der Waals surface area contributed by atoms with Gasteiger partial charge in [-0.05, 0) is 12.1 Å². The van der Waals surface area contributed by atoms with Gasteiger partial charge in [-0.25, -0.2) is 4.39 Å². The number of halogens is 3. The summed E-state index contributed by atoms with van der Waals surface area (Å²) in [6, 6.07) is 2.37. The Kier molecular flexibility index (Phi) is 3.12. The molecule has 13 heavy (non-hydrogen) atoms. The second kappa shape index (κ2) is 3.94. The van der Waals surface area contributed by atoms with E-state index in [9.17, 15) is 9.18 Å². The summed E-state index contributed by atoms with van der Waals surface area (Å²) in [4.78, 5) is 10.3. The molecule has 1 N–H and O–H groups in total. The lowest BCUT2D eigenvalue weighted by Crippen LogP contribution is -2.03. The molecule has 0 aliphatic heterocycles. The highest BCUT2D eigenvalue weighted by Gasteiger charge is 2.13. The van der Waals surface area contributed by atoms with Crippen LogP contribution in [0.5, 0.6) is 0 Å². The van der Waals surface area contributed by atoms with Gasteiger partial charge in [0.15, 0.2) is 0 Å². The Morgan fingerprint density at radius 2 is 2.08 bits per heavy atom. The number of benzene rings is 1. The maximum atomic E-state index is 13.0. The molecule has 70 valence electrons. The third-order valence-electron chi connectivity index (χ3n) is 1.47. The molecule has 0 unspecified atom stereocenters. The van der Waals surface area contributed by atoms with E-state index >= 15 is 0 Å². The van der Waals surface area contributed by atoms with E-state index in [2.05, 4.69) is 0 Å². The lowest BCUT2D eigenvalue weighted by molar-refractivity contribution is -0.136. The fourth-order valence-electron chi connectivity index (χ4n) is 0.882. The van der Waals surface area contributed by atoms with Crippen LogP contribution in [0.1, 0.15) is 5.56 Å². The van der Waals surface area contributed by atoms with Gasteiger partial charge in [0.2, 0.25) is 0 Å². The quantitative estimate of drug-likeness (QED) is 0.782. The third kappa shape index (κ3) is 2.32. The zero-order chi connectivity index (χ0) is 10.0. The number of hydrogen-bond acceptors (Lipinski definition) is 1. The Morgan fingerprint density at radius 3 is 2.62 bits per heavy atom. The molecular weight excluding hydrogens is 218 g/mol. The molecule has 0 aromatic heterocycles. The first-order valence-corrected chi connectivity index (χ1v) is 4.12. The summed E-state index contributed by atoms with van der Waals surface area (Å²) in [5.74, 6) is -1.81. The van der Waals surface area contributed by atoms with E-state index in [0.717, 1.165) is 6.07 Å². The molecule has 0 atom stereocenters. The molecule has 0 amide bonds. The molecule has 5 heteroatoms. The molecule has 0 spiro atoms. The van der Waals surface area contributed by atoms with Crippen molar-refractivity contribution >= 4 is 29.2 Å². The van der Waals surface area contributed by atoms with Gasteiger partial charge >= 0.3 is 5.97 Å². The average Bonchev–Trinajstić information content (AvgIpc) is 2.05. The SMILES string of the molecule is O=C(O)Cc1c(F)ccc(Cl)c1Cl. The molecule has 1 aromatic carbocycles. The van der Waals surface area contributed by atoms with E-state index in [1.165, 1.54) is 6.07 Å². The van der Waals surface area contributed by atoms with Crippen LogP contribution in [0, 0.1) is 5.82 Å². The van der Waals surface area contributed by atoms with Crippen molar-refractivity contribution in [1.82, 2.24) is 0 Å². The monoisotopic (exact) mass is 222 g/mol. The number of hydrogen-bond donors (Lipinski definition) is 1. The van der Waals surface area contributed by atoms with E-state index in [0.29, 0.717) is 0 Å². The van der Waals surface area contributed by atoms with Crippen molar-refractivity contribution in [2.75, 3.05) is 0 Å². The molecule has 0 radical (unpaired) electrons. The molecule has 0 bridgehead atoms. The highest BCUT2D eigenvalue weighted by Crippen LogP contribution is 2.28. The van der Waals surface area contributed by atoms with Gasteiger partial charge in [-0.2, -0.15) is 0 Å². The number of carboxylic acid groups (broad SMARTS) is 1. The van der Waals surface area contributed by atoms with Crippen LogP contribution in [-0.4, -0.2) is 11.1 Å². The fourth-order valence-corrected chi connectivity index (χ4v) is 1.28. The normalized spacial score (nSPS) is 10.1. The van der Waals surface area contributed by atoms with Crippen molar-refractivity contribution in [2.45, 2.75) is 6.42 Å². The van der Waals surface area contributed by atoms with Crippen LogP contribution in [0.15, 0.2) is 12.1 Å². The summed E-state index contributed by atoms with van der Waals surface area (Å²) in [5, 5.41) is 8.55. The molecule has 0 aliphatic rings. The van der Waals surface area contributed by atoms with Crippen molar-refractivity contribution in [3.8, 4) is 0 Å². The van der Waals surface area contributed by atoms with E-state index in [1.807, 2.05) is 0 Å². The van der Waals surface area contributed by atoms with Crippen molar-refractivity contribution in [1.29, 1.82) is 0 Å². The minimum atomic E-state index is -1.15. The molecule has 1 aromatic rings. The summed E-state index contributed by atoms with van der Waals surface area (Å²) in [6.07, 6.45) is -0.467. The van der Waals surface area contributed by atoms with Crippen LogP contribution in [0.3, 0.4) is 0 Å². The van der Waals surface area contributed by atoms with Gasteiger partial charge in [-0.3, -0.25) is 4.79 Å². The van der Waals surface area contributed by atoms with Gasteiger partial charge in [0.05, 0.1) is 16.5 Å². The van der Waals surface area contributed by atoms with Crippen molar-refractivity contribution in [3.63, 3.8) is 0 Å². The molecule has 0 heterocycles. The first-order valence-electron chi connectivity index (χ1n) is 3.36. The lowest BCUT2D eigenvalue weighted by Gasteiger charge is -2.03. The van der Waals surface area contributed by atoms with E-state index in [1.54, 1.807) is 0 Å². The zero-order valence-corrected chi connectivity index (χ0v) is 7.86. The number of carboxylic acids is 1. The van der Waals surface area contributed by atoms with E-state index in [-0.39, 0.29) is 15.6 Å². The summed E-state index contributed by atoms with van der Waals surface area (Å²) in [7, 11) is 0.